The first-order chi connectivity index (χ1) is 9.56. The summed E-state index contributed by atoms with van der Waals surface area (Å²) in [4.78, 5) is 18.2. The van der Waals surface area contributed by atoms with Crippen molar-refractivity contribution in [3.63, 3.8) is 0 Å². The molecular formula is C15H11ClN2OS. The van der Waals surface area contributed by atoms with Crippen LogP contribution in [0.25, 0.3) is 10.2 Å². The van der Waals surface area contributed by atoms with Gasteiger partial charge in [-0.1, -0.05) is 11.6 Å². The van der Waals surface area contributed by atoms with Crippen molar-refractivity contribution >= 4 is 44.6 Å². The van der Waals surface area contributed by atoms with Crippen LogP contribution >= 0.6 is 22.9 Å². The number of aromatic nitrogens is 1. The van der Waals surface area contributed by atoms with E-state index >= 15 is 0 Å². The summed E-state index contributed by atoms with van der Waals surface area (Å²) in [5.41, 5.74) is 8.06. The van der Waals surface area contributed by atoms with Crippen molar-refractivity contribution in [1.29, 1.82) is 0 Å². The van der Waals surface area contributed by atoms with E-state index in [2.05, 4.69) is 4.98 Å². The largest absolute Gasteiger partial charge is 0.397 e. The summed E-state index contributed by atoms with van der Waals surface area (Å²) in [6.07, 6.45) is 0. The first kappa shape index (κ1) is 13.1. The van der Waals surface area contributed by atoms with Crippen LogP contribution in [0.1, 0.15) is 20.9 Å². The number of nitrogens with zero attached hydrogens (tertiary/aromatic N) is 1. The van der Waals surface area contributed by atoms with Crippen molar-refractivity contribution in [3.05, 3.63) is 57.6 Å². The number of rotatable bonds is 2. The van der Waals surface area contributed by atoms with Gasteiger partial charge in [0.15, 0.2) is 0 Å². The fourth-order valence-corrected chi connectivity index (χ4v) is 3.22. The molecule has 100 valence electrons. The number of thiophene rings is 1. The summed E-state index contributed by atoms with van der Waals surface area (Å²) in [6, 6.07) is 10.6. The number of halogens is 1. The summed E-state index contributed by atoms with van der Waals surface area (Å²) in [6.45, 7) is 1.91. The average Bonchev–Trinajstić information content (AvgIpc) is 2.75. The van der Waals surface area contributed by atoms with Gasteiger partial charge in [0.05, 0.1) is 5.69 Å². The smallest absolute Gasteiger partial charge is 0.205 e. The maximum atomic E-state index is 12.5. The van der Waals surface area contributed by atoms with E-state index in [0.717, 1.165) is 15.9 Å². The topological polar surface area (TPSA) is 56.0 Å². The van der Waals surface area contributed by atoms with Crippen molar-refractivity contribution in [1.82, 2.24) is 4.98 Å². The van der Waals surface area contributed by atoms with Crippen LogP contribution < -0.4 is 5.73 Å². The number of hydrogen-bond donors (Lipinski definition) is 1. The molecule has 0 bridgehead atoms. The third-order valence-corrected chi connectivity index (χ3v) is 4.41. The molecule has 3 aromatic rings. The lowest BCUT2D eigenvalue weighted by molar-refractivity contribution is 0.104. The second-order valence-electron chi connectivity index (χ2n) is 4.49. The molecule has 0 atom stereocenters. The number of carbonyl (C=O) groups excluding carboxylic acids is 1. The number of nitrogens with two attached hydrogens (primary N) is 1. The number of nitrogen functional groups attached to an aromatic ring is 1. The van der Waals surface area contributed by atoms with Gasteiger partial charge < -0.3 is 5.73 Å². The zero-order valence-electron chi connectivity index (χ0n) is 10.7. The summed E-state index contributed by atoms with van der Waals surface area (Å²) in [7, 11) is 0. The zero-order chi connectivity index (χ0) is 14.3. The van der Waals surface area contributed by atoms with Crippen molar-refractivity contribution in [3.8, 4) is 0 Å². The minimum absolute atomic E-state index is 0.0974. The molecule has 1 aromatic carbocycles. The first-order valence-corrected chi connectivity index (χ1v) is 7.21. The summed E-state index contributed by atoms with van der Waals surface area (Å²) < 4.78 is 0. The summed E-state index contributed by atoms with van der Waals surface area (Å²) in [5, 5.41) is 1.43. The minimum atomic E-state index is -0.0974. The molecule has 0 unspecified atom stereocenters. The van der Waals surface area contributed by atoms with E-state index in [1.807, 2.05) is 19.1 Å². The molecule has 0 aliphatic rings. The van der Waals surface area contributed by atoms with E-state index in [9.17, 15) is 4.79 Å². The van der Waals surface area contributed by atoms with Crippen LogP contribution in [0.5, 0.6) is 0 Å². The molecule has 0 aliphatic heterocycles. The average molecular weight is 303 g/mol. The number of hydrogen-bond acceptors (Lipinski definition) is 4. The Kier molecular flexibility index (Phi) is 3.20. The highest BCUT2D eigenvalue weighted by atomic mass is 35.5. The Morgan fingerprint density at radius 2 is 1.90 bits per heavy atom. The SMILES string of the molecule is Cc1ccc2c(N)c(C(=O)c3ccc(Cl)cc3)sc2n1. The number of anilines is 1. The maximum Gasteiger partial charge on any atom is 0.205 e. The van der Waals surface area contributed by atoms with E-state index in [4.69, 9.17) is 17.3 Å². The van der Waals surface area contributed by atoms with E-state index < -0.39 is 0 Å². The standard InChI is InChI=1S/C15H11ClN2OS/c1-8-2-7-11-12(17)14(20-15(11)18-8)13(19)9-3-5-10(16)6-4-9/h2-7H,17H2,1H3. The van der Waals surface area contributed by atoms with Crippen LogP contribution in [-0.4, -0.2) is 10.8 Å². The Balaban J connectivity index is 2.12. The summed E-state index contributed by atoms with van der Waals surface area (Å²) >= 11 is 7.16. The zero-order valence-corrected chi connectivity index (χ0v) is 12.3. The Hall–Kier alpha value is -1.91. The quantitative estimate of drug-likeness (QED) is 0.726. The van der Waals surface area contributed by atoms with Crippen molar-refractivity contribution in [2.45, 2.75) is 6.92 Å². The van der Waals surface area contributed by atoms with Crippen LogP contribution in [0.4, 0.5) is 5.69 Å². The van der Waals surface area contributed by atoms with E-state index in [-0.39, 0.29) is 5.78 Å². The lowest BCUT2D eigenvalue weighted by Crippen LogP contribution is -2.01. The fourth-order valence-electron chi connectivity index (χ4n) is 1.99. The molecule has 0 spiro atoms. The van der Waals surface area contributed by atoms with Gasteiger partial charge in [-0.15, -0.1) is 11.3 Å². The number of ketones is 1. The number of benzene rings is 1. The monoisotopic (exact) mass is 302 g/mol. The lowest BCUT2D eigenvalue weighted by atomic mass is 10.1. The van der Waals surface area contributed by atoms with Gasteiger partial charge in [0.25, 0.3) is 0 Å². The number of pyridine rings is 1. The molecule has 5 heteroatoms. The highest BCUT2D eigenvalue weighted by Crippen LogP contribution is 2.34. The predicted octanol–water partition coefficient (Wildman–Crippen LogP) is 4.07. The van der Waals surface area contributed by atoms with Crippen LogP contribution in [0.15, 0.2) is 36.4 Å². The molecular weight excluding hydrogens is 292 g/mol. The second-order valence-corrected chi connectivity index (χ2v) is 5.92. The van der Waals surface area contributed by atoms with Gasteiger partial charge in [0, 0.05) is 21.7 Å². The van der Waals surface area contributed by atoms with E-state index in [0.29, 0.717) is 21.2 Å². The molecule has 0 radical (unpaired) electrons. The predicted molar refractivity (Wildman–Crippen MR) is 83.7 cm³/mol. The maximum absolute atomic E-state index is 12.5. The Morgan fingerprint density at radius 3 is 2.60 bits per heavy atom. The molecule has 0 fully saturated rings. The normalized spacial score (nSPS) is 10.9. The van der Waals surface area contributed by atoms with Gasteiger partial charge in [-0.05, 0) is 43.3 Å². The fraction of sp³-hybridized carbons (Fsp3) is 0.0667. The third-order valence-electron chi connectivity index (χ3n) is 3.05. The Bertz CT molecular complexity index is 809. The lowest BCUT2D eigenvalue weighted by Gasteiger charge is -2.00. The van der Waals surface area contributed by atoms with E-state index in [1.54, 1.807) is 24.3 Å². The van der Waals surface area contributed by atoms with Gasteiger partial charge in [-0.3, -0.25) is 4.79 Å². The molecule has 2 heterocycles. The minimum Gasteiger partial charge on any atom is -0.397 e. The van der Waals surface area contributed by atoms with Gasteiger partial charge in [-0.25, -0.2) is 4.98 Å². The van der Waals surface area contributed by atoms with Gasteiger partial charge in [-0.2, -0.15) is 0 Å². The molecule has 0 saturated heterocycles. The Labute approximate surface area is 125 Å². The van der Waals surface area contributed by atoms with E-state index in [1.165, 1.54) is 11.3 Å². The van der Waals surface area contributed by atoms with Crippen LogP contribution in [0.2, 0.25) is 5.02 Å². The van der Waals surface area contributed by atoms with Crippen molar-refractivity contribution in [2.24, 2.45) is 0 Å². The van der Waals surface area contributed by atoms with Crippen molar-refractivity contribution < 1.29 is 4.79 Å². The number of fused-ring (bicyclic) bond motifs is 1. The molecule has 3 nitrogen and oxygen atoms in total. The van der Waals surface area contributed by atoms with Gasteiger partial charge in [0.1, 0.15) is 9.71 Å². The number of aryl methyl sites for hydroxylation is 1. The van der Waals surface area contributed by atoms with Crippen LogP contribution in [0, 0.1) is 6.92 Å². The third kappa shape index (κ3) is 2.17. The van der Waals surface area contributed by atoms with Crippen molar-refractivity contribution in [2.75, 3.05) is 5.73 Å². The first-order valence-electron chi connectivity index (χ1n) is 6.02. The van der Waals surface area contributed by atoms with Gasteiger partial charge in [0.2, 0.25) is 5.78 Å². The number of carbonyl (C=O) groups is 1. The molecule has 3 rings (SSSR count). The summed E-state index contributed by atoms with van der Waals surface area (Å²) in [5.74, 6) is -0.0974. The van der Waals surface area contributed by atoms with Crippen LogP contribution in [-0.2, 0) is 0 Å². The molecule has 0 saturated carbocycles. The van der Waals surface area contributed by atoms with Crippen LogP contribution in [0.3, 0.4) is 0 Å². The molecule has 2 N–H and O–H groups in total. The van der Waals surface area contributed by atoms with Gasteiger partial charge >= 0.3 is 0 Å². The molecule has 0 amide bonds. The molecule has 2 aromatic heterocycles. The second kappa shape index (κ2) is 4.89. The molecule has 20 heavy (non-hydrogen) atoms. The Morgan fingerprint density at radius 1 is 1.20 bits per heavy atom. The highest BCUT2D eigenvalue weighted by Gasteiger charge is 2.18. The molecule has 0 aliphatic carbocycles. The highest BCUT2D eigenvalue weighted by molar-refractivity contribution is 7.21.